The molecule has 0 amide bonds. The van der Waals surface area contributed by atoms with Crippen LogP contribution in [-0.4, -0.2) is 38.4 Å². The summed E-state index contributed by atoms with van der Waals surface area (Å²) in [6.45, 7) is -0.392. The lowest BCUT2D eigenvalue weighted by Gasteiger charge is -2.18. The molecular weight excluding hydrogens is 380 g/mol. The number of ether oxygens (including phenoxy) is 1. The number of sulfonamides is 1. The fourth-order valence-electron chi connectivity index (χ4n) is 3.20. The maximum atomic E-state index is 12.9. The number of hydrogen-bond donors (Lipinski definition) is 2. The summed E-state index contributed by atoms with van der Waals surface area (Å²) in [7, 11) is -0.651. The summed E-state index contributed by atoms with van der Waals surface area (Å²) in [5.74, 6) is 0.181. The van der Waals surface area contributed by atoms with Crippen LogP contribution in [0.5, 0.6) is 5.75 Å². The lowest BCUT2D eigenvalue weighted by Crippen LogP contribution is -2.31. The molecule has 0 saturated heterocycles. The smallest absolute Gasteiger partial charge is 0.258 e. The molecule has 1 heterocycles. The van der Waals surface area contributed by atoms with E-state index in [1.54, 1.807) is 25.2 Å². The number of methoxy groups -OCH3 is 1. The molecule has 2 aromatic carbocycles. The van der Waals surface area contributed by atoms with Crippen LogP contribution in [0, 0.1) is 0 Å². The number of aliphatic hydroxyl groups excluding tert-OH is 1. The van der Waals surface area contributed by atoms with E-state index in [9.17, 15) is 13.2 Å². The first-order chi connectivity index (χ1) is 13.4. The first-order valence-corrected chi connectivity index (χ1v) is 10.4. The molecule has 3 rings (SSSR count). The maximum absolute atomic E-state index is 12.9. The zero-order valence-corrected chi connectivity index (χ0v) is 16.5. The summed E-state index contributed by atoms with van der Waals surface area (Å²) in [6, 6.07) is 14.5. The molecule has 0 atom stereocenters. The molecule has 0 bridgehead atoms. The van der Waals surface area contributed by atoms with E-state index in [2.05, 4.69) is 4.72 Å². The Hall–Kier alpha value is -2.68. The van der Waals surface area contributed by atoms with Gasteiger partial charge in [-0.25, -0.2) is 13.1 Å². The summed E-state index contributed by atoms with van der Waals surface area (Å²) < 4.78 is 34.0. The summed E-state index contributed by atoms with van der Waals surface area (Å²) in [5.41, 5.74) is 1.53. The molecule has 3 aromatic rings. The zero-order valence-electron chi connectivity index (χ0n) is 15.7. The van der Waals surface area contributed by atoms with Crippen LogP contribution >= 0.6 is 0 Å². The van der Waals surface area contributed by atoms with Gasteiger partial charge in [0.05, 0.1) is 13.7 Å². The van der Waals surface area contributed by atoms with Crippen molar-refractivity contribution < 1.29 is 18.3 Å². The Kier molecular flexibility index (Phi) is 5.83. The second-order valence-electron chi connectivity index (χ2n) is 6.34. The molecule has 0 radical (unpaired) electrons. The fourth-order valence-corrected chi connectivity index (χ4v) is 4.40. The van der Waals surface area contributed by atoms with Crippen molar-refractivity contribution >= 4 is 20.8 Å². The molecule has 8 heteroatoms. The van der Waals surface area contributed by atoms with Gasteiger partial charge in [0.25, 0.3) is 5.56 Å². The highest BCUT2D eigenvalue weighted by atomic mass is 32.2. The van der Waals surface area contributed by atoms with Crippen LogP contribution in [-0.2, 0) is 22.8 Å². The van der Waals surface area contributed by atoms with E-state index in [0.717, 1.165) is 5.56 Å². The van der Waals surface area contributed by atoms with Crippen molar-refractivity contribution in [1.29, 1.82) is 0 Å². The van der Waals surface area contributed by atoms with Gasteiger partial charge >= 0.3 is 0 Å². The molecule has 0 aliphatic rings. The summed E-state index contributed by atoms with van der Waals surface area (Å²) in [6.07, 6.45) is 0. The van der Waals surface area contributed by atoms with Crippen LogP contribution in [0.1, 0.15) is 5.69 Å². The van der Waals surface area contributed by atoms with Crippen molar-refractivity contribution in [2.75, 3.05) is 20.3 Å². The van der Waals surface area contributed by atoms with E-state index in [0.29, 0.717) is 27.8 Å². The fraction of sp³-hybridized carbons (Fsp3) is 0.250. The van der Waals surface area contributed by atoms with Crippen LogP contribution in [0.15, 0.2) is 53.3 Å². The summed E-state index contributed by atoms with van der Waals surface area (Å²) >= 11 is 0. The quantitative estimate of drug-likeness (QED) is 0.626. The number of rotatable bonds is 7. The molecule has 2 N–H and O–H groups in total. The number of fused-ring (bicyclic) bond motifs is 1. The molecule has 7 nitrogen and oxygen atoms in total. The van der Waals surface area contributed by atoms with E-state index in [1.165, 1.54) is 11.7 Å². The number of pyridine rings is 1. The van der Waals surface area contributed by atoms with Gasteiger partial charge in [0.1, 0.15) is 11.5 Å². The van der Waals surface area contributed by atoms with Crippen molar-refractivity contribution in [3.8, 4) is 16.9 Å². The number of aliphatic hydroxyl groups is 1. The van der Waals surface area contributed by atoms with Crippen molar-refractivity contribution in [2.24, 2.45) is 7.05 Å². The average Bonchev–Trinajstić information content (AvgIpc) is 2.70. The molecule has 0 spiro atoms. The first-order valence-electron chi connectivity index (χ1n) is 8.71. The molecule has 1 aromatic heterocycles. The highest BCUT2D eigenvalue weighted by molar-refractivity contribution is 7.88. The largest absolute Gasteiger partial charge is 0.497 e. The predicted molar refractivity (Wildman–Crippen MR) is 109 cm³/mol. The molecule has 0 unspecified atom stereocenters. The minimum atomic E-state index is -3.75. The topological polar surface area (TPSA) is 97.6 Å². The third kappa shape index (κ3) is 3.94. The Morgan fingerprint density at radius 2 is 1.82 bits per heavy atom. The van der Waals surface area contributed by atoms with Crippen LogP contribution in [0.25, 0.3) is 21.9 Å². The van der Waals surface area contributed by atoms with Gasteiger partial charge in [0.15, 0.2) is 0 Å². The van der Waals surface area contributed by atoms with Gasteiger partial charge in [-0.1, -0.05) is 30.3 Å². The number of hydrogen-bond acceptors (Lipinski definition) is 5. The highest BCUT2D eigenvalue weighted by Crippen LogP contribution is 2.33. The van der Waals surface area contributed by atoms with E-state index < -0.39 is 15.8 Å². The van der Waals surface area contributed by atoms with Gasteiger partial charge < -0.3 is 14.4 Å². The van der Waals surface area contributed by atoms with Gasteiger partial charge in [0.2, 0.25) is 10.0 Å². The molecule has 0 aliphatic carbocycles. The lowest BCUT2D eigenvalue weighted by molar-refractivity contribution is 0.301. The number of aromatic nitrogens is 1. The number of benzene rings is 2. The standard InChI is InChI=1S/C20H22N2O5S/c1-22-18(13-28(25,26)21-10-11-23)19(14-6-4-3-5-7-14)17-12-15(27-2)8-9-16(17)20(22)24/h3-9,12,21,23H,10-11,13H2,1-2H3. The van der Waals surface area contributed by atoms with Gasteiger partial charge in [-0.05, 0) is 23.8 Å². The zero-order chi connectivity index (χ0) is 20.3. The van der Waals surface area contributed by atoms with Crippen molar-refractivity contribution in [3.05, 3.63) is 64.6 Å². The van der Waals surface area contributed by atoms with Crippen LogP contribution in [0.3, 0.4) is 0 Å². The highest BCUT2D eigenvalue weighted by Gasteiger charge is 2.22. The second kappa shape index (κ2) is 8.14. The van der Waals surface area contributed by atoms with Crippen molar-refractivity contribution in [2.45, 2.75) is 5.75 Å². The van der Waals surface area contributed by atoms with E-state index in [4.69, 9.17) is 9.84 Å². The van der Waals surface area contributed by atoms with Gasteiger partial charge in [-0.3, -0.25) is 4.79 Å². The molecule has 0 saturated carbocycles. The van der Waals surface area contributed by atoms with Crippen LogP contribution < -0.4 is 15.0 Å². The number of nitrogens with one attached hydrogen (secondary N) is 1. The Morgan fingerprint density at radius 1 is 1.11 bits per heavy atom. The number of nitrogens with zero attached hydrogens (tertiary/aromatic N) is 1. The monoisotopic (exact) mass is 402 g/mol. The van der Waals surface area contributed by atoms with Crippen molar-refractivity contribution in [3.63, 3.8) is 0 Å². The SMILES string of the molecule is COc1ccc2c(=O)n(C)c(CS(=O)(=O)NCCO)c(-c3ccccc3)c2c1. The van der Waals surface area contributed by atoms with Gasteiger partial charge in [0, 0.05) is 35.6 Å². The van der Waals surface area contributed by atoms with E-state index in [1.807, 2.05) is 30.3 Å². The Morgan fingerprint density at radius 3 is 2.46 bits per heavy atom. The molecule has 28 heavy (non-hydrogen) atoms. The predicted octanol–water partition coefficient (Wildman–Crippen LogP) is 1.63. The Bertz CT molecular complexity index is 1150. The normalized spacial score (nSPS) is 11.7. The minimum Gasteiger partial charge on any atom is -0.497 e. The second-order valence-corrected chi connectivity index (χ2v) is 8.15. The third-order valence-corrected chi connectivity index (χ3v) is 5.84. The molecule has 0 aliphatic heterocycles. The van der Waals surface area contributed by atoms with E-state index >= 15 is 0 Å². The maximum Gasteiger partial charge on any atom is 0.258 e. The van der Waals surface area contributed by atoms with Crippen LogP contribution in [0.2, 0.25) is 0 Å². The Labute approximate surface area is 163 Å². The summed E-state index contributed by atoms with van der Waals surface area (Å²) in [5, 5.41) is 10.0. The molecule has 0 fully saturated rings. The van der Waals surface area contributed by atoms with Crippen molar-refractivity contribution in [1.82, 2.24) is 9.29 Å². The van der Waals surface area contributed by atoms with Crippen LogP contribution in [0.4, 0.5) is 0 Å². The Balaban J connectivity index is 2.35. The first kappa shape index (κ1) is 20.1. The molecule has 148 valence electrons. The minimum absolute atomic E-state index is 0.0850. The summed E-state index contributed by atoms with van der Waals surface area (Å²) in [4.78, 5) is 12.9. The van der Waals surface area contributed by atoms with Gasteiger partial charge in [-0.15, -0.1) is 0 Å². The van der Waals surface area contributed by atoms with Gasteiger partial charge in [-0.2, -0.15) is 0 Å². The lowest BCUT2D eigenvalue weighted by atomic mass is 9.97. The molecular formula is C20H22N2O5S. The third-order valence-electron chi connectivity index (χ3n) is 4.55. The van der Waals surface area contributed by atoms with E-state index in [-0.39, 0.29) is 18.7 Å². The average molecular weight is 402 g/mol.